The lowest BCUT2D eigenvalue weighted by Crippen LogP contribution is -2.42. The topological polar surface area (TPSA) is 76.3 Å². The zero-order valence-electron chi connectivity index (χ0n) is 15.3. The lowest BCUT2D eigenvalue weighted by molar-refractivity contribution is -0.682. The lowest BCUT2D eigenvalue weighted by atomic mass is 10.1. The summed E-state index contributed by atoms with van der Waals surface area (Å²) in [6.45, 7) is 0.476. The Morgan fingerprint density at radius 3 is 2.64 bits per heavy atom. The minimum atomic E-state index is -0.411. The second kappa shape index (κ2) is 6.16. The molecule has 7 nitrogen and oxygen atoms in total. The van der Waals surface area contributed by atoms with Crippen molar-refractivity contribution in [3.63, 3.8) is 0 Å². The summed E-state index contributed by atoms with van der Waals surface area (Å²) in [4.78, 5) is 17.2. The van der Waals surface area contributed by atoms with Crippen LogP contribution in [0.5, 0.6) is 5.88 Å². The van der Waals surface area contributed by atoms with Gasteiger partial charge in [-0.15, -0.1) is 0 Å². The third-order valence-corrected chi connectivity index (χ3v) is 5.09. The molecule has 0 aliphatic heterocycles. The first-order chi connectivity index (χ1) is 13.6. The number of benzene rings is 2. The van der Waals surface area contributed by atoms with E-state index in [2.05, 4.69) is 5.10 Å². The van der Waals surface area contributed by atoms with Crippen molar-refractivity contribution in [2.75, 3.05) is 0 Å². The van der Waals surface area contributed by atoms with Gasteiger partial charge in [-0.1, -0.05) is 58.1 Å². The molecule has 138 valence electrons. The van der Waals surface area contributed by atoms with Crippen LogP contribution in [-0.4, -0.2) is 24.3 Å². The predicted molar refractivity (Wildman–Crippen MR) is 105 cm³/mol. The van der Waals surface area contributed by atoms with Gasteiger partial charge in [0.2, 0.25) is 5.65 Å². The van der Waals surface area contributed by atoms with Crippen LogP contribution < -0.4 is 10.1 Å². The normalized spacial score (nSPS) is 11.6. The Labute approximate surface area is 159 Å². The zero-order valence-corrected chi connectivity index (χ0v) is 15.3. The summed E-state index contributed by atoms with van der Waals surface area (Å²) in [5, 5.41) is 15.9. The van der Waals surface area contributed by atoms with E-state index in [4.69, 9.17) is 4.98 Å². The number of rotatable bonds is 3. The van der Waals surface area contributed by atoms with Crippen LogP contribution >= 0.6 is 0 Å². The van der Waals surface area contributed by atoms with E-state index in [1.807, 2.05) is 66.2 Å². The molecule has 0 saturated heterocycles. The molecule has 0 unspecified atom stereocenters. The Bertz CT molecular complexity index is 1400. The van der Waals surface area contributed by atoms with Crippen LogP contribution in [-0.2, 0) is 20.0 Å². The molecule has 0 bridgehead atoms. The third-order valence-electron chi connectivity index (χ3n) is 5.09. The molecule has 0 radical (unpaired) electrons. The summed E-state index contributed by atoms with van der Waals surface area (Å²) >= 11 is 0. The summed E-state index contributed by atoms with van der Waals surface area (Å²) in [5.74, 6) is 0.202. The Morgan fingerprint density at radius 1 is 1.07 bits per heavy atom. The highest BCUT2D eigenvalue weighted by Crippen LogP contribution is 2.24. The molecule has 0 amide bonds. The van der Waals surface area contributed by atoms with Gasteiger partial charge in [-0.3, -0.25) is 0 Å². The van der Waals surface area contributed by atoms with E-state index in [1.165, 1.54) is 10.6 Å². The van der Waals surface area contributed by atoms with E-state index in [-0.39, 0.29) is 5.88 Å². The number of hydrogen-bond donors (Lipinski definition) is 1. The van der Waals surface area contributed by atoms with Gasteiger partial charge in [0.1, 0.15) is 0 Å². The van der Waals surface area contributed by atoms with Crippen LogP contribution in [0.3, 0.4) is 0 Å². The first-order valence-corrected chi connectivity index (χ1v) is 9.07. The van der Waals surface area contributed by atoms with Crippen molar-refractivity contribution in [2.45, 2.75) is 13.0 Å². The number of hydrogen-bond acceptors (Lipinski definition) is 4. The van der Waals surface area contributed by atoms with Crippen LogP contribution in [0, 0.1) is 0 Å². The number of para-hydroxylation sites is 1. The second-order valence-corrected chi connectivity index (χ2v) is 6.80. The fraction of sp³-hybridized carbons (Fsp3) is 0.143. The second-order valence-electron chi connectivity index (χ2n) is 6.80. The quantitative estimate of drug-likeness (QED) is 0.491. The maximum atomic E-state index is 12.5. The molecule has 5 rings (SSSR count). The molecule has 2 aromatic carbocycles. The van der Waals surface area contributed by atoms with Crippen molar-refractivity contribution in [1.29, 1.82) is 0 Å². The van der Waals surface area contributed by atoms with Crippen molar-refractivity contribution in [2.24, 2.45) is 7.05 Å². The monoisotopic (exact) mass is 372 g/mol. The summed E-state index contributed by atoms with van der Waals surface area (Å²) < 4.78 is 4.84. The highest BCUT2D eigenvalue weighted by Gasteiger charge is 2.23. The summed E-state index contributed by atoms with van der Waals surface area (Å²) in [6, 6.07) is 19.0. The highest BCUT2D eigenvalue weighted by atomic mass is 16.3. The molecule has 1 N–H and O–H groups in total. The van der Waals surface area contributed by atoms with E-state index < -0.39 is 5.56 Å². The highest BCUT2D eigenvalue weighted by molar-refractivity contribution is 6.04. The van der Waals surface area contributed by atoms with Gasteiger partial charge in [0.25, 0.3) is 5.88 Å². The fourth-order valence-corrected chi connectivity index (χ4v) is 3.65. The van der Waals surface area contributed by atoms with E-state index in [0.717, 1.165) is 16.5 Å². The van der Waals surface area contributed by atoms with E-state index in [1.54, 1.807) is 4.57 Å². The number of aromatic nitrogens is 5. The van der Waals surface area contributed by atoms with Gasteiger partial charge in [0.05, 0.1) is 18.1 Å². The van der Waals surface area contributed by atoms with Gasteiger partial charge in [-0.2, -0.15) is 4.57 Å². The van der Waals surface area contributed by atoms with Gasteiger partial charge in [-0.25, -0.2) is 4.79 Å². The van der Waals surface area contributed by atoms with Gasteiger partial charge < -0.3 is 9.67 Å². The first kappa shape index (κ1) is 16.4. The Hall–Kier alpha value is -3.74. The first-order valence-electron chi connectivity index (χ1n) is 9.07. The average Bonchev–Trinajstić information content (AvgIpc) is 3.00. The maximum Gasteiger partial charge on any atom is 0.431 e. The maximum absolute atomic E-state index is 12.5. The minimum Gasteiger partial charge on any atom is -0.483 e. The Kier molecular flexibility index (Phi) is 3.61. The largest absolute Gasteiger partial charge is 0.483 e. The molecule has 0 atom stereocenters. The molecule has 0 spiro atoms. The van der Waals surface area contributed by atoms with Crippen molar-refractivity contribution in [3.05, 3.63) is 76.6 Å². The predicted octanol–water partition coefficient (Wildman–Crippen LogP) is 1.97. The van der Waals surface area contributed by atoms with Crippen molar-refractivity contribution in [3.8, 4) is 5.88 Å². The molecule has 7 heteroatoms. The number of nitrogens with zero attached hydrogens (tertiary/aromatic N) is 5. The van der Waals surface area contributed by atoms with Crippen molar-refractivity contribution >= 4 is 27.8 Å². The SMILES string of the molecule is Cn1c2ccccc2c2nn3c(=O)cc(O)[n+](CCc4ccccc4)c3nc21. The van der Waals surface area contributed by atoms with Gasteiger partial charge in [0.15, 0.2) is 5.52 Å². The van der Waals surface area contributed by atoms with Crippen LogP contribution in [0.2, 0.25) is 0 Å². The summed E-state index contributed by atoms with van der Waals surface area (Å²) in [7, 11) is 1.92. The van der Waals surface area contributed by atoms with E-state index in [0.29, 0.717) is 29.9 Å². The van der Waals surface area contributed by atoms with Crippen molar-refractivity contribution < 1.29 is 9.67 Å². The van der Waals surface area contributed by atoms with Crippen LogP contribution in [0.15, 0.2) is 65.5 Å². The van der Waals surface area contributed by atoms with Gasteiger partial charge in [0, 0.05) is 18.9 Å². The Morgan fingerprint density at radius 2 is 1.82 bits per heavy atom. The van der Waals surface area contributed by atoms with Crippen LogP contribution in [0.4, 0.5) is 0 Å². The van der Waals surface area contributed by atoms with E-state index in [9.17, 15) is 9.90 Å². The smallest absolute Gasteiger partial charge is 0.431 e. The van der Waals surface area contributed by atoms with Gasteiger partial charge in [-0.05, 0) is 16.6 Å². The molecule has 0 saturated carbocycles. The summed E-state index contributed by atoms with van der Waals surface area (Å²) in [6.07, 6.45) is 0.696. The minimum absolute atomic E-state index is 0.117. The van der Waals surface area contributed by atoms with E-state index >= 15 is 0 Å². The standard InChI is InChI=1S/C21H17N5O2/c1-24-16-10-6-5-9-15(16)19-20(24)22-21-25(12-11-14-7-3-2-4-8-14)17(27)13-18(28)26(21)23-19/h2-10,13H,11-12H2,1H3/p+1. The van der Waals surface area contributed by atoms with Crippen molar-refractivity contribution in [1.82, 2.24) is 19.2 Å². The third kappa shape index (κ3) is 2.44. The van der Waals surface area contributed by atoms with Crippen LogP contribution in [0.25, 0.3) is 27.8 Å². The molecule has 3 aromatic heterocycles. The molecule has 5 aromatic rings. The zero-order chi connectivity index (χ0) is 19.3. The number of aromatic hydroxyl groups is 1. The molecule has 0 aliphatic carbocycles. The average molecular weight is 372 g/mol. The lowest BCUT2D eigenvalue weighted by Gasteiger charge is -2.06. The molecule has 0 aliphatic rings. The fourth-order valence-electron chi connectivity index (χ4n) is 3.65. The number of fused-ring (bicyclic) bond motifs is 4. The molecular weight excluding hydrogens is 354 g/mol. The number of aryl methyl sites for hydroxylation is 3. The van der Waals surface area contributed by atoms with Crippen LogP contribution in [0.1, 0.15) is 5.56 Å². The molecular formula is C21H18N5O2+. The molecule has 28 heavy (non-hydrogen) atoms. The Balaban J connectivity index is 1.76. The summed E-state index contributed by atoms with van der Waals surface area (Å²) in [5.41, 5.74) is 3.04. The van der Waals surface area contributed by atoms with Gasteiger partial charge >= 0.3 is 11.3 Å². The molecule has 3 heterocycles. The molecule has 0 fully saturated rings.